The maximum Gasteiger partial charge on any atom is 0.290 e. The molecular weight excluding hydrogens is 466 g/mol. The van der Waals surface area contributed by atoms with Crippen LogP contribution in [0.5, 0.6) is 11.5 Å². The van der Waals surface area contributed by atoms with Gasteiger partial charge >= 0.3 is 0 Å². The van der Waals surface area contributed by atoms with Gasteiger partial charge in [0.2, 0.25) is 11.0 Å². The van der Waals surface area contributed by atoms with E-state index in [1.807, 2.05) is 50.2 Å². The number of hydrogen-bond acceptors (Lipinski definition) is 8. The van der Waals surface area contributed by atoms with Gasteiger partial charge in [0.25, 0.3) is 5.56 Å². The number of methoxy groups -OCH3 is 2. The van der Waals surface area contributed by atoms with Gasteiger partial charge in [-0.05, 0) is 50.2 Å². The second kappa shape index (κ2) is 9.30. The third kappa shape index (κ3) is 4.40. The average molecular weight is 490 g/mol. The van der Waals surface area contributed by atoms with Crippen LogP contribution in [0.25, 0.3) is 28.2 Å². The fraction of sp³-hybridized carbons (Fsp3) is 0.200. The van der Waals surface area contributed by atoms with Crippen molar-refractivity contribution in [1.29, 1.82) is 0 Å². The molecule has 3 aromatic heterocycles. The minimum atomic E-state index is -0.326. The third-order valence-electron chi connectivity index (χ3n) is 5.58. The van der Waals surface area contributed by atoms with Crippen LogP contribution in [0, 0.1) is 13.8 Å². The number of rotatable bonds is 7. The zero-order valence-electron chi connectivity index (χ0n) is 19.7. The van der Waals surface area contributed by atoms with Gasteiger partial charge in [-0.3, -0.25) is 4.79 Å². The predicted octanol–water partition coefficient (Wildman–Crippen LogP) is 4.67. The smallest absolute Gasteiger partial charge is 0.290 e. The van der Waals surface area contributed by atoms with Crippen LogP contribution in [0.15, 0.2) is 62.9 Å². The van der Waals surface area contributed by atoms with Gasteiger partial charge in [0.1, 0.15) is 11.3 Å². The van der Waals surface area contributed by atoms with Gasteiger partial charge in [-0.25, -0.2) is 14.6 Å². The molecule has 0 aliphatic rings. The summed E-state index contributed by atoms with van der Waals surface area (Å²) in [5, 5.41) is 12.0. The second-order valence-corrected chi connectivity index (χ2v) is 8.85. The normalized spacial score (nSPS) is 11.2. The molecule has 1 N–H and O–H groups in total. The molecule has 9 nitrogen and oxygen atoms in total. The number of H-pyrrole nitrogens is 1. The van der Waals surface area contributed by atoms with E-state index in [1.165, 1.54) is 17.3 Å². The Balaban J connectivity index is 1.44. The molecule has 0 aliphatic heterocycles. The van der Waals surface area contributed by atoms with Crippen molar-refractivity contribution in [1.82, 2.24) is 24.8 Å². The van der Waals surface area contributed by atoms with E-state index in [1.54, 1.807) is 30.9 Å². The highest BCUT2D eigenvalue weighted by Gasteiger charge is 2.17. The number of hydrogen-bond donors (Lipinski definition) is 1. The van der Waals surface area contributed by atoms with E-state index in [4.69, 9.17) is 13.9 Å². The van der Waals surface area contributed by atoms with E-state index in [2.05, 4.69) is 20.3 Å². The first kappa shape index (κ1) is 22.7. The van der Waals surface area contributed by atoms with Gasteiger partial charge in [-0.1, -0.05) is 29.5 Å². The van der Waals surface area contributed by atoms with E-state index < -0.39 is 0 Å². The van der Waals surface area contributed by atoms with Crippen LogP contribution in [-0.4, -0.2) is 39.0 Å². The zero-order valence-corrected chi connectivity index (χ0v) is 20.5. The number of nitrogens with zero attached hydrogens (tertiary/aromatic N) is 4. The molecule has 5 rings (SSSR count). The summed E-state index contributed by atoms with van der Waals surface area (Å²) >= 11 is 1.41. The van der Waals surface area contributed by atoms with Gasteiger partial charge in [-0.15, -0.1) is 5.10 Å². The summed E-state index contributed by atoms with van der Waals surface area (Å²) in [6.07, 6.45) is 0. The van der Waals surface area contributed by atoms with Crippen molar-refractivity contribution in [3.63, 3.8) is 0 Å². The van der Waals surface area contributed by atoms with Gasteiger partial charge in [-0.2, -0.15) is 5.10 Å². The van der Waals surface area contributed by atoms with Crippen LogP contribution >= 0.6 is 11.8 Å². The van der Waals surface area contributed by atoms with Crippen molar-refractivity contribution in [3.8, 4) is 34.2 Å². The Morgan fingerprint density at radius 1 is 1.00 bits per heavy atom. The van der Waals surface area contributed by atoms with Crippen molar-refractivity contribution in [2.75, 3.05) is 14.2 Å². The lowest BCUT2D eigenvalue weighted by Crippen LogP contribution is -2.13. The molecule has 0 saturated heterocycles. The van der Waals surface area contributed by atoms with E-state index in [9.17, 15) is 4.79 Å². The molecule has 5 aromatic rings. The van der Waals surface area contributed by atoms with Crippen molar-refractivity contribution >= 4 is 17.3 Å². The number of nitrogens with one attached hydrogen (secondary N) is 1. The fourth-order valence-corrected chi connectivity index (χ4v) is 4.54. The summed E-state index contributed by atoms with van der Waals surface area (Å²) in [7, 11) is 3.16. The van der Waals surface area contributed by atoms with Crippen LogP contribution in [-0.2, 0) is 5.75 Å². The predicted molar refractivity (Wildman–Crippen MR) is 133 cm³/mol. The molecule has 0 fully saturated rings. The lowest BCUT2D eigenvalue weighted by molar-refractivity contribution is 0.355. The minimum absolute atomic E-state index is 0.326. The number of aryl methyl sites for hydroxylation is 2. The first-order chi connectivity index (χ1) is 17.0. The van der Waals surface area contributed by atoms with Crippen molar-refractivity contribution < 1.29 is 13.9 Å². The molecule has 0 aliphatic carbocycles. The highest BCUT2D eigenvalue weighted by molar-refractivity contribution is 7.98. The number of benzene rings is 2. The van der Waals surface area contributed by atoms with Crippen LogP contribution < -0.4 is 15.0 Å². The number of fused-ring (bicyclic) bond motifs is 1. The van der Waals surface area contributed by atoms with Crippen LogP contribution in [0.3, 0.4) is 0 Å². The Morgan fingerprint density at radius 3 is 2.49 bits per heavy atom. The quantitative estimate of drug-likeness (QED) is 0.329. The summed E-state index contributed by atoms with van der Waals surface area (Å²) in [6.45, 7) is 3.93. The molecule has 178 valence electrons. The minimum Gasteiger partial charge on any atom is -0.493 e. The van der Waals surface area contributed by atoms with Gasteiger partial charge in [0.05, 0.1) is 25.6 Å². The molecule has 0 amide bonds. The molecular formula is C25H23N5O4S. The number of aromatic nitrogens is 5. The van der Waals surface area contributed by atoms with Gasteiger partial charge in [0, 0.05) is 16.9 Å². The molecule has 2 aromatic carbocycles. The summed E-state index contributed by atoms with van der Waals surface area (Å²) < 4.78 is 18.1. The van der Waals surface area contributed by atoms with Crippen LogP contribution in [0.1, 0.15) is 17.0 Å². The molecule has 0 spiro atoms. The topological polar surface area (TPSA) is 108 Å². The second-order valence-electron chi connectivity index (χ2n) is 7.91. The number of aromatic amines is 1. The standard InChI is InChI=1S/C25H23N5O4S/c1-14-5-7-16(8-6-14)24-26-19(15(2)34-24)13-35-25-28-27-23(31)20-12-18(29-30(20)25)17-9-10-21(32-3)22(11-17)33-4/h5-12H,13H2,1-4H3,(H,27,31). The first-order valence-corrected chi connectivity index (χ1v) is 11.8. The summed E-state index contributed by atoms with van der Waals surface area (Å²) in [5.41, 5.74) is 4.37. The SMILES string of the molecule is COc1ccc(-c2cc3c(=O)[nH]nc(SCc4nc(-c5ccc(C)cc5)oc4C)n3n2)cc1OC. The molecule has 3 heterocycles. The third-order valence-corrected chi connectivity index (χ3v) is 6.52. The maximum absolute atomic E-state index is 12.5. The van der Waals surface area contributed by atoms with Crippen LogP contribution in [0.4, 0.5) is 0 Å². The molecule has 0 atom stereocenters. The summed E-state index contributed by atoms with van der Waals surface area (Å²) in [5.74, 6) is 3.01. The van der Waals surface area contributed by atoms with Crippen LogP contribution in [0.2, 0.25) is 0 Å². The molecule has 0 radical (unpaired) electrons. The molecule has 35 heavy (non-hydrogen) atoms. The van der Waals surface area contributed by atoms with E-state index in [0.717, 1.165) is 22.6 Å². The Bertz CT molecular complexity index is 1570. The largest absolute Gasteiger partial charge is 0.493 e. The summed E-state index contributed by atoms with van der Waals surface area (Å²) in [4.78, 5) is 17.1. The fourth-order valence-electron chi connectivity index (χ4n) is 3.64. The summed E-state index contributed by atoms with van der Waals surface area (Å²) in [6, 6.07) is 15.2. The molecule has 10 heteroatoms. The Kier molecular flexibility index (Phi) is 6.04. The maximum atomic E-state index is 12.5. The zero-order chi connectivity index (χ0) is 24.5. The Morgan fingerprint density at radius 2 is 1.74 bits per heavy atom. The number of oxazole rings is 1. The molecule has 0 unspecified atom stereocenters. The molecule has 0 saturated carbocycles. The van der Waals surface area contributed by atoms with Crippen molar-refractivity contribution in [3.05, 3.63) is 75.9 Å². The van der Waals surface area contributed by atoms with E-state index in [-0.39, 0.29) is 5.56 Å². The van der Waals surface area contributed by atoms with Crippen molar-refractivity contribution in [2.45, 2.75) is 24.8 Å². The van der Waals surface area contributed by atoms with E-state index >= 15 is 0 Å². The van der Waals surface area contributed by atoms with Crippen molar-refractivity contribution in [2.24, 2.45) is 0 Å². The highest BCUT2D eigenvalue weighted by atomic mass is 32.2. The van der Waals surface area contributed by atoms with Gasteiger partial charge < -0.3 is 13.9 Å². The van der Waals surface area contributed by atoms with E-state index in [0.29, 0.717) is 39.5 Å². The number of ether oxygens (including phenoxy) is 2. The lowest BCUT2D eigenvalue weighted by Gasteiger charge is -2.08. The average Bonchev–Trinajstić information content (AvgIpc) is 3.48. The lowest BCUT2D eigenvalue weighted by atomic mass is 10.1. The first-order valence-electron chi connectivity index (χ1n) is 10.8. The molecule has 0 bridgehead atoms. The highest BCUT2D eigenvalue weighted by Crippen LogP contribution is 2.33. The number of thioether (sulfide) groups is 1. The monoisotopic (exact) mass is 489 g/mol. The Labute approximate surface area is 205 Å². The van der Waals surface area contributed by atoms with Gasteiger partial charge in [0.15, 0.2) is 11.5 Å². The Hall–Kier alpha value is -4.05.